The second kappa shape index (κ2) is 7.44. The average molecular weight is 382 g/mol. The molecular weight excluding hydrogens is 368 g/mol. The highest BCUT2D eigenvalue weighted by Crippen LogP contribution is 2.40. The van der Waals surface area contributed by atoms with Crippen LogP contribution in [0.5, 0.6) is 17.2 Å². The molecule has 0 spiro atoms. The van der Waals surface area contributed by atoms with Gasteiger partial charge in [-0.15, -0.1) is 0 Å². The summed E-state index contributed by atoms with van der Waals surface area (Å²) in [4.78, 5) is 12.2. The Morgan fingerprint density at radius 3 is 2.12 bits per heavy atom. The predicted molar refractivity (Wildman–Crippen MR) is 92.0 cm³/mol. The van der Waals surface area contributed by atoms with Gasteiger partial charge in [0.25, 0.3) is 0 Å². The molecule has 3 rings (SSSR count). The van der Waals surface area contributed by atoms with E-state index in [4.69, 9.17) is 26.7 Å². The van der Waals surface area contributed by atoms with Gasteiger partial charge in [-0.25, -0.2) is 0 Å². The minimum absolute atomic E-state index is 0.0117. The van der Waals surface area contributed by atoms with Crippen molar-refractivity contribution in [2.24, 2.45) is 0 Å². The van der Waals surface area contributed by atoms with Crippen molar-refractivity contribution in [3.8, 4) is 28.6 Å². The minimum atomic E-state index is -4.67. The zero-order valence-electron chi connectivity index (χ0n) is 13.3. The Balaban J connectivity index is 0.000000431. The number of ether oxygens (including phenoxy) is 1. The predicted octanol–water partition coefficient (Wildman–Crippen LogP) is 2.23. The number of aromatic hydroxyl groups is 2. The van der Waals surface area contributed by atoms with E-state index >= 15 is 0 Å². The van der Waals surface area contributed by atoms with Crippen molar-refractivity contribution in [3.63, 3.8) is 0 Å². The van der Waals surface area contributed by atoms with E-state index in [2.05, 4.69) is 0 Å². The van der Waals surface area contributed by atoms with Crippen LogP contribution in [0.3, 0.4) is 0 Å². The maximum absolute atomic E-state index is 12.2. The van der Waals surface area contributed by atoms with Crippen molar-refractivity contribution in [1.82, 2.24) is 0 Å². The van der Waals surface area contributed by atoms with Gasteiger partial charge >= 0.3 is 10.4 Å². The largest absolute Gasteiger partial charge is 0.507 e. The van der Waals surface area contributed by atoms with E-state index < -0.39 is 15.8 Å². The summed E-state index contributed by atoms with van der Waals surface area (Å²) in [6, 6.07) is 11.4. The lowest BCUT2D eigenvalue weighted by Gasteiger charge is -2.09. The van der Waals surface area contributed by atoms with Crippen LogP contribution in [-0.2, 0) is 10.4 Å². The zero-order valence-corrected chi connectivity index (χ0v) is 14.1. The molecule has 0 atom stereocenters. The first kappa shape index (κ1) is 19.2. The van der Waals surface area contributed by atoms with Gasteiger partial charge in [0.2, 0.25) is 5.75 Å². The summed E-state index contributed by atoms with van der Waals surface area (Å²) >= 11 is 0. The summed E-state index contributed by atoms with van der Waals surface area (Å²) in [6.45, 7) is 0. The van der Waals surface area contributed by atoms with Gasteiger partial charge in [-0.3, -0.25) is 13.9 Å². The number of hydrogen-bond acceptors (Lipinski definition) is 7. The van der Waals surface area contributed by atoms with Crippen LogP contribution < -0.4 is 10.2 Å². The number of fused-ring (bicyclic) bond motifs is 1. The number of rotatable bonds is 2. The molecule has 0 aliphatic carbocycles. The third-order valence-corrected chi connectivity index (χ3v) is 3.18. The molecule has 0 saturated heterocycles. The molecule has 2 aromatic carbocycles. The molecule has 1 aromatic heterocycles. The molecule has 3 aromatic rings. The Bertz CT molecular complexity index is 1080. The van der Waals surface area contributed by atoms with Gasteiger partial charge in [-0.05, 0) is 0 Å². The highest BCUT2D eigenvalue weighted by molar-refractivity contribution is 7.79. The van der Waals surface area contributed by atoms with Crippen molar-refractivity contribution in [2.45, 2.75) is 0 Å². The molecule has 0 bridgehead atoms. The molecule has 4 N–H and O–H groups in total. The Morgan fingerprint density at radius 2 is 1.58 bits per heavy atom. The first-order valence-corrected chi connectivity index (χ1v) is 8.33. The molecular formula is C16H14O9S. The van der Waals surface area contributed by atoms with E-state index in [1.807, 2.05) is 18.2 Å². The highest BCUT2D eigenvalue weighted by Gasteiger charge is 2.18. The smallest absolute Gasteiger partial charge is 0.394 e. The first-order valence-electron chi connectivity index (χ1n) is 6.94. The van der Waals surface area contributed by atoms with Crippen molar-refractivity contribution >= 4 is 21.4 Å². The van der Waals surface area contributed by atoms with Gasteiger partial charge in [0.15, 0.2) is 16.8 Å². The molecule has 0 fully saturated rings. The maximum atomic E-state index is 12.2. The molecule has 138 valence electrons. The molecule has 10 heteroatoms. The van der Waals surface area contributed by atoms with Crippen LogP contribution in [0.2, 0.25) is 0 Å². The fourth-order valence-corrected chi connectivity index (χ4v) is 2.22. The quantitative estimate of drug-likeness (QED) is 0.488. The second-order valence-electron chi connectivity index (χ2n) is 4.94. The maximum Gasteiger partial charge on any atom is 0.394 e. The van der Waals surface area contributed by atoms with Gasteiger partial charge < -0.3 is 19.4 Å². The third kappa shape index (κ3) is 4.51. The van der Waals surface area contributed by atoms with Crippen LogP contribution in [0, 0.1) is 0 Å². The molecule has 0 unspecified atom stereocenters. The molecule has 0 aliphatic heterocycles. The Hall–Kier alpha value is -3.08. The minimum Gasteiger partial charge on any atom is -0.507 e. The Morgan fingerprint density at radius 1 is 1.00 bits per heavy atom. The fourth-order valence-electron chi connectivity index (χ4n) is 2.22. The molecule has 0 amide bonds. The zero-order chi connectivity index (χ0) is 19.5. The van der Waals surface area contributed by atoms with Crippen LogP contribution in [0.25, 0.3) is 22.3 Å². The van der Waals surface area contributed by atoms with Crippen LogP contribution in [0.4, 0.5) is 0 Å². The molecule has 1 heterocycles. The van der Waals surface area contributed by atoms with Gasteiger partial charge in [0.1, 0.15) is 16.9 Å². The summed E-state index contributed by atoms with van der Waals surface area (Å²) in [5.41, 5.74) is 0.314. The summed E-state index contributed by atoms with van der Waals surface area (Å²) in [6.07, 6.45) is 0. The molecule has 0 aliphatic rings. The third-order valence-electron chi connectivity index (χ3n) is 3.18. The van der Waals surface area contributed by atoms with Crippen molar-refractivity contribution in [1.29, 1.82) is 0 Å². The van der Waals surface area contributed by atoms with E-state index in [0.29, 0.717) is 11.3 Å². The number of methoxy groups -OCH3 is 1. The van der Waals surface area contributed by atoms with E-state index in [1.54, 1.807) is 12.1 Å². The average Bonchev–Trinajstić information content (AvgIpc) is 2.53. The lowest BCUT2D eigenvalue weighted by molar-refractivity contribution is 0.367. The van der Waals surface area contributed by atoms with Crippen molar-refractivity contribution < 1.29 is 36.9 Å². The van der Waals surface area contributed by atoms with Crippen LogP contribution in [0.15, 0.2) is 51.7 Å². The van der Waals surface area contributed by atoms with Crippen LogP contribution >= 0.6 is 0 Å². The number of phenols is 2. The van der Waals surface area contributed by atoms with Gasteiger partial charge in [0, 0.05) is 17.7 Å². The normalized spacial score (nSPS) is 10.9. The molecule has 26 heavy (non-hydrogen) atoms. The molecule has 0 radical (unpaired) electrons. The van der Waals surface area contributed by atoms with Crippen molar-refractivity contribution in [2.75, 3.05) is 7.11 Å². The molecule has 0 saturated carbocycles. The van der Waals surface area contributed by atoms with E-state index in [-0.39, 0.29) is 28.2 Å². The van der Waals surface area contributed by atoms with Gasteiger partial charge in [-0.1, -0.05) is 30.3 Å². The van der Waals surface area contributed by atoms with Gasteiger partial charge in [0.05, 0.1) is 7.11 Å². The summed E-state index contributed by atoms with van der Waals surface area (Å²) < 4.78 is 42.3. The molecule has 9 nitrogen and oxygen atoms in total. The van der Waals surface area contributed by atoms with Crippen LogP contribution in [-0.4, -0.2) is 34.8 Å². The topological polar surface area (TPSA) is 154 Å². The first-order chi connectivity index (χ1) is 12.1. The Kier molecular flexibility index (Phi) is 5.50. The lowest BCUT2D eigenvalue weighted by Crippen LogP contribution is -2.02. The number of benzene rings is 2. The summed E-state index contributed by atoms with van der Waals surface area (Å²) in [5.74, 6) is -0.304. The van der Waals surface area contributed by atoms with E-state index in [0.717, 1.165) is 6.07 Å². The summed E-state index contributed by atoms with van der Waals surface area (Å²) in [7, 11) is -3.32. The standard InChI is InChI=1S/C16H12O5.H2O4S/c1-20-15-12(19)7-10(17)14-11(18)8-13(21-16(14)15)9-5-3-2-4-6-9;1-5(2,3)4/h2-8,17,19H,1H3;(H2,1,2,3,4). The lowest BCUT2D eigenvalue weighted by atomic mass is 10.1. The van der Waals surface area contributed by atoms with Gasteiger partial charge in [-0.2, -0.15) is 8.42 Å². The summed E-state index contributed by atoms with van der Waals surface area (Å²) in [5, 5.41) is 19.6. The fraction of sp³-hybridized carbons (Fsp3) is 0.0625. The van der Waals surface area contributed by atoms with E-state index in [1.165, 1.54) is 13.2 Å². The monoisotopic (exact) mass is 382 g/mol. The Labute approximate surface area is 147 Å². The number of hydrogen-bond donors (Lipinski definition) is 4. The second-order valence-corrected chi connectivity index (χ2v) is 5.84. The van der Waals surface area contributed by atoms with Crippen LogP contribution in [0.1, 0.15) is 0 Å². The highest BCUT2D eigenvalue weighted by atomic mass is 32.3. The van der Waals surface area contributed by atoms with Crippen molar-refractivity contribution in [3.05, 3.63) is 52.7 Å². The SMILES string of the molecule is COc1c(O)cc(O)c2c(=O)cc(-c3ccccc3)oc12.O=S(=O)(O)O. The number of phenolic OH excluding ortho intramolecular Hbond substituents is 2. The van der Waals surface area contributed by atoms with E-state index in [9.17, 15) is 15.0 Å².